The summed E-state index contributed by atoms with van der Waals surface area (Å²) in [5.74, 6) is -0.360. The van der Waals surface area contributed by atoms with Crippen LogP contribution in [0.15, 0.2) is 11.1 Å². The van der Waals surface area contributed by atoms with Crippen LogP contribution in [0.2, 0.25) is 0 Å². The van der Waals surface area contributed by atoms with Gasteiger partial charge in [-0.15, -0.1) is 0 Å². The molecule has 0 heterocycles. The van der Waals surface area contributed by atoms with Crippen molar-refractivity contribution in [2.24, 2.45) is 0 Å². The van der Waals surface area contributed by atoms with E-state index in [0.29, 0.717) is 12.0 Å². The molecule has 1 unspecified atom stereocenters. The summed E-state index contributed by atoms with van der Waals surface area (Å²) in [5, 5.41) is 18.3. The zero-order valence-electron chi connectivity index (χ0n) is 11.0. The molecular weight excluding hydrogens is 220 g/mol. The average molecular weight is 244 g/mol. The van der Waals surface area contributed by atoms with Crippen LogP contribution in [-0.4, -0.2) is 36.0 Å². The summed E-state index contributed by atoms with van der Waals surface area (Å²) < 4.78 is 4.67. The molecule has 2 N–H and O–H groups in total. The number of hydrogen-bond donors (Lipinski definition) is 2. The van der Waals surface area contributed by atoms with Crippen LogP contribution < -0.4 is 0 Å². The molecule has 0 saturated heterocycles. The van der Waals surface area contributed by atoms with Crippen molar-refractivity contribution in [2.75, 3.05) is 13.7 Å². The van der Waals surface area contributed by atoms with E-state index < -0.39 is 6.10 Å². The number of aliphatic hydroxyl groups is 2. The van der Waals surface area contributed by atoms with Crippen molar-refractivity contribution in [1.29, 1.82) is 0 Å². The van der Waals surface area contributed by atoms with Crippen molar-refractivity contribution >= 4 is 5.97 Å². The van der Waals surface area contributed by atoms with Crippen LogP contribution in [0.25, 0.3) is 0 Å². The maximum Gasteiger partial charge on any atom is 0.333 e. The first kappa shape index (κ1) is 16.1. The van der Waals surface area contributed by atoms with Crippen molar-refractivity contribution < 1.29 is 19.7 Å². The summed E-state index contributed by atoms with van der Waals surface area (Å²) in [4.78, 5) is 11.4. The molecule has 0 aliphatic heterocycles. The number of methoxy groups -OCH3 is 1. The molecule has 0 aromatic heterocycles. The Balaban J connectivity index is 4.63. The van der Waals surface area contributed by atoms with E-state index in [4.69, 9.17) is 5.11 Å². The third-order valence-electron chi connectivity index (χ3n) is 2.80. The lowest BCUT2D eigenvalue weighted by Crippen LogP contribution is -2.15. The summed E-state index contributed by atoms with van der Waals surface area (Å²) in [6.45, 7) is 3.53. The Hall–Kier alpha value is -0.870. The standard InChI is InChI=1S/C13H24O4/c1-4-5-6-7-11(8-12(15)9-14)10(2)13(16)17-3/h12,14-15H,4-9H2,1-3H3. The van der Waals surface area contributed by atoms with Gasteiger partial charge in [-0.3, -0.25) is 0 Å². The van der Waals surface area contributed by atoms with Gasteiger partial charge in [0.2, 0.25) is 0 Å². The van der Waals surface area contributed by atoms with Gasteiger partial charge in [-0.25, -0.2) is 4.79 Å². The van der Waals surface area contributed by atoms with Crippen LogP contribution in [-0.2, 0) is 9.53 Å². The largest absolute Gasteiger partial charge is 0.466 e. The minimum Gasteiger partial charge on any atom is -0.466 e. The molecular formula is C13H24O4. The first-order valence-corrected chi connectivity index (χ1v) is 6.12. The second-order valence-electron chi connectivity index (χ2n) is 4.22. The summed E-state index contributed by atoms with van der Waals surface area (Å²) >= 11 is 0. The van der Waals surface area contributed by atoms with Gasteiger partial charge in [-0.05, 0) is 26.2 Å². The molecule has 0 rings (SSSR count). The second kappa shape index (κ2) is 9.19. The third-order valence-corrected chi connectivity index (χ3v) is 2.80. The van der Waals surface area contributed by atoms with E-state index in [1.165, 1.54) is 7.11 Å². The highest BCUT2D eigenvalue weighted by Gasteiger charge is 2.14. The smallest absolute Gasteiger partial charge is 0.333 e. The molecule has 0 aromatic carbocycles. The first-order chi connectivity index (χ1) is 8.06. The van der Waals surface area contributed by atoms with Crippen LogP contribution in [0.1, 0.15) is 46.0 Å². The van der Waals surface area contributed by atoms with E-state index in [1.54, 1.807) is 6.92 Å². The number of aliphatic hydroxyl groups excluding tert-OH is 2. The van der Waals surface area contributed by atoms with Crippen molar-refractivity contribution in [3.63, 3.8) is 0 Å². The van der Waals surface area contributed by atoms with E-state index in [0.717, 1.165) is 31.3 Å². The predicted molar refractivity (Wildman–Crippen MR) is 66.6 cm³/mol. The molecule has 0 aliphatic carbocycles. The Bertz CT molecular complexity index is 258. The summed E-state index contributed by atoms with van der Waals surface area (Å²) in [7, 11) is 1.35. The number of carbonyl (C=O) groups excluding carboxylic acids is 1. The lowest BCUT2D eigenvalue weighted by molar-refractivity contribution is -0.136. The number of hydrogen-bond acceptors (Lipinski definition) is 4. The van der Waals surface area contributed by atoms with Crippen molar-refractivity contribution in [3.05, 3.63) is 11.1 Å². The SMILES string of the molecule is CCCCCC(CC(O)CO)=C(C)C(=O)OC. The van der Waals surface area contributed by atoms with Crippen molar-refractivity contribution in [1.82, 2.24) is 0 Å². The fourth-order valence-corrected chi connectivity index (χ4v) is 1.68. The molecule has 0 fully saturated rings. The lowest BCUT2D eigenvalue weighted by Gasteiger charge is -2.14. The fraction of sp³-hybridized carbons (Fsp3) is 0.769. The Labute approximate surface area is 103 Å². The van der Waals surface area contributed by atoms with Gasteiger partial charge in [0, 0.05) is 5.57 Å². The molecule has 0 bridgehead atoms. The molecule has 0 saturated carbocycles. The minimum atomic E-state index is -0.800. The molecule has 0 spiro atoms. The van der Waals surface area contributed by atoms with E-state index in [-0.39, 0.29) is 12.6 Å². The monoisotopic (exact) mass is 244 g/mol. The van der Waals surface area contributed by atoms with Gasteiger partial charge in [-0.2, -0.15) is 0 Å². The van der Waals surface area contributed by atoms with Crippen LogP contribution >= 0.6 is 0 Å². The number of ether oxygens (including phenoxy) is 1. The van der Waals surface area contributed by atoms with Gasteiger partial charge in [0.05, 0.1) is 19.8 Å². The van der Waals surface area contributed by atoms with Crippen LogP contribution in [0.5, 0.6) is 0 Å². The quantitative estimate of drug-likeness (QED) is 0.388. The fourth-order valence-electron chi connectivity index (χ4n) is 1.68. The molecule has 0 amide bonds. The Morgan fingerprint density at radius 2 is 2.00 bits per heavy atom. The third kappa shape index (κ3) is 6.44. The normalized spacial score (nSPS) is 14.2. The Morgan fingerprint density at radius 1 is 1.35 bits per heavy atom. The second-order valence-corrected chi connectivity index (χ2v) is 4.22. The summed E-state index contributed by atoms with van der Waals surface area (Å²) in [5.41, 5.74) is 1.43. The van der Waals surface area contributed by atoms with Crippen molar-refractivity contribution in [2.45, 2.75) is 52.1 Å². The van der Waals surface area contributed by atoms with E-state index >= 15 is 0 Å². The molecule has 4 heteroatoms. The van der Waals surface area contributed by atoms with Gasteiger partial charge < -0.3 is 14.9 Å². The topological polar surface area (TPSA) is 66.8 Å². The van der Waals surface area contributed by atoms with Crippen LogP contribution in [0.3, 0.4) is 0 Å². The number of unbranched alkanes of at least 4 members (excludes halogenated alkanes) is 2. The maximum absolute atomic E-state index is 11.4. The predicted octanol–water partition coefficient (Wildman–Crippen LogP) is 1.80. The van der Waals surface area contributed by atoms with Gasteiger partial charge in [-0.1, -0.05) is 25.3 Å². The molecule has 0 radical (unpaired) electrons. The van der Waals surface area contributed by atoms with Crippen LogP contribution in [0.4, 0.5) is 0 Å². The molecule has 100 valence electrons. The van der Waals surface area contributed by atoms with Gasteiger partial charge >= 0.3 is 5.97 Å². The summed E-state index contributed by atoms with van der Waals surface area (Å²) in [6.07, 6.45) is 3.48. The highest BCUT2D eigenvalue weighted by molar-refractivity contribution is 5.88. The Kier molecular flexibility index (Phi) is 8.72. The average Bonchev–Trinajstić information content (AvgIpc) is 2.35. The zero-order chi connectivity index (χ0) is 13.3. The maximum atomic E-state index is 11.4. The highest BCUT2D eigenvalue weighted by atomic mass is 16.5. The molecule has 4 nitrogen and oxygen atoms in total. The van der Waals surface area contributed by atoms with Gasteiger partial charge in [0.1, 0.15) is 0 Å². The lowest BCUT2D eigenvalue weighted by atomic mass is 9.97. The highest BCUT2D eigenvalue weighted by Crippen LogP contribution is 2.19. The first-order valence-electron chi connectivity index (χ1n) is 6.12. The van der Waals surface area contributed by atoms with Crippen LogP contribution in [0, 0.1) is 0 Å². The van der Waals surface area contributed by atoms with E-state index in [9.17, 15) is 9.90 Å². The molecule has 0 aromatic rings. The van der Waals surface area contributed by atoms with E-state index in [1.807, 2.05) is 0 Å². The number of rotatable bonds is 8. The zero-order valence-corrected chi connectivity index (χ0v) is 11.0. The summed E-state index contributed by atoms with van der Waals surface area (Å²) in [6, 6.07) is 0. The van der Waals surface area contributed by atoms with Gasteiger partial charge in [0.15, 0.2) is 0 Å². The number of carbonyl (C=O) groups is 1. The van der Waals surface area contributed by atoms with E-state index in [2.05, 4.69) is 11.7 Å². The van der Waals surface area contributed by atoms with Crippen molar-refractivity contribution in [3.8, 4) is 0 Å². The molecule has 17 heavy (non-hydrogen) atoms. The number of esters is 1. The molecule has 0 aliphatic rings. The van der Waals surface area contributed by atoms with Gasteiger partial charge in [0.25, 0.3) is 0 Å². The molecule has 1 atom stereocenters. The minimum absolute atomic E-state index is 0.286. The Morgan fingerprint density at radius 3 is 2.47 bits per heavy atom.